The minimum Gasteiger partial charge on any atom is -0.290 e. The van der Waals surface area contributed by atoms with Crippen molar-refractivity contribution in [1.29, 1.82) is 0 Å². The van der Waals surface area contributed by atoms with E-state index in [1.165, 1.54) is 23.1 Å². The van der Waals surface area contributed by atoms with E-state index in [9.17, 15) is 26.6 Å². The number of aryl methyl sites for hydroxylation is 1. The SMILES string of the molecule is CC(C)N(C1CCC2=Cc3c(cnn3-c3ccc(F)cc3)CC2(C(=O)c2ncc(C(F)(F)F)s2)C1)S(=O)c1ncn(C)n1. The molecule has 1 saturated carbocycles. The summed E-state index contributed by atoms with van der Waals surface area (Å²) in [5.41, 5.74) is 1.59. The molecular weight excluding hydrogens is 606 g/mol. The maximum absolute atomic E-state index is 14.3. The highest BCUT2D eigenvalue weighted by molar-refractivity contribution is 7.82. The first-order chi connectivity index (χ1) is 20.4. The lowest BCUT2D eigenvalue weighted by molar-refractivity contribution is -0.134. The van der Waals surface area contributed by atoms with Crippen molar-refractivity contribution in [3.8, 4) is 5.69 Å². The second kappa shape index (κ2) is 10.9. The first kappa shape index (κ1) is 29.5. The number of aromatic nitrogens is 6. The molecule has 2 aliphatic carbocycles. The van der Waals surface area contributed by atoms with Gasteiger partial charge in [-0.2, -0.15) is 18.3 Å². The molecule has 226 valence electrons. The Kier molecular flexibility index (Phi) is 7.45. The number of rotatable bonds is 7. The summed E-state index contributed by atoms with van der Waals surface area (Å²) in [6, 6.07) is 5.26. The molecule has 0 saturated heterocycles. The number of Topliss-reactive ketones (excluding diaryl/α,β-unsaturated/α-hetero) is 1. The zero-order valence-corrected chi connectivity index (χ0v) is 25.0. The first-order valence-electron chi connectivity index (χ1n) is 13.5. The molecule has 2 aliphatic rings. The molecule has 0 N–H and O–H groups in total. The van der Waals surface area contributed by atoms with E-state index in [0.29, 0.717) is 36.1 Å². The minimum atomic E-state index is -4.63. The monoisotopic (exact) mass is 633 g/mol. The largest absolute Gasteiger partial charge is 0.427 e. The first-order valence-corrected chi connectivity index (χ1v) is 15.5. The molecule has 4 aromatic rings. The number of carbonyl (C=O) groups is 1. The van der Waals surface area contributed by atoms with Crippen LogP contribution < -0.4 is 0 Å². The van der Waals surface area contributed by atoms with Crippen molar-refractivity contribution in [2.75, 3.05) is 0 Å². The number of nitrogens with zero attached hydrogens (tertiary/aromatic N) is 7. The number of alkyl halides is 3. The topological polar surface area (TPSA) is 98.8 Å². The van der Waals surface area contributed by atoms with Gasteiger partial charge in [0, 0.05) is 19.1 Å². The van der Waals surface area contributed by atoms with E-state index in [1.54, 1.807) is 34.4 Å². The molecular formula is C28H27F4N7O2S2. The standard InChI is InChI=1S/C28H27F4N7O2S2/c1-16(2)39(43(41)26-34-15-37(3)36-26)21-7-4-18-10-22-17(13-35-38(22)20-8-5-19(29)6-9-20)11-27(18,12-21)24(40)25-33-14-23(42-25)28(30,31)32/h5-6,8-10,13-16,21H,4,7,11-12H2,1-3H3. The Balaban J connectivity index is 1.43. The van der Waals surface area contributed by atoms with Crippen molar-refractivity contribution in [1.82, 2.24) is 33.8 Å². The highest BCUT2D eigenvalue weighted by atomic mass is 32.2. The third-order valence-corrected chi connectivity index (χ3v) is 10.6. The van der Waals surface area contributed by atoms with Gasteiger partial charge in [-0.15, -0.1) is 16.4 Å². The Hall–Kier alpha value is -3.56. The molecule has 1 aromatic carbocycles. The summed E-state index contributed by atoms with van der Waals surface area (Å²) < 4.78 is 72.7. The van der Waals surface area contributed by atoms with Crippen molar-refractivity contribution in [3.05, 3.63) is 75.5 Å². The van der Waals surface area contributed by atoms with Gasteiger partial charge < -0.3 is 0 Å². The van der Waals surface area contributed by atoms with Crippen LogP contribution in [0.1, 0.15) is 59.0 Å². The molecule has 0 aliphatic heterocycles. The predicted octanol–water partition coefficient (Wildman–Crippen LogP) is 5.41. The Morgan fingerprint density at radius 3 is 2.56 bits per heavy atom. The van der Waals surface area contributed by atoms with Gasteiger partial charge >= 0.3 is 6.18 Å². The van der Waals surface area contributed by atoms with Crippen molar-refractivity contribution < 1.29 is 26.6 Å². The Labute approximate surface area is 250 Å². The van der Waals surface area contributed by atoms with Crippen molar-refractivity contribution >= 4 is 34.2 Å². The lowest BCUT2D eigenvalue weighted by atomic mass is 9.61. The van der Waals surface area contributed by atoms with Gasteiger partial charge in [0.25, 0.3) is 5.16 Å². The maximum Gasteiger partial charge on any atom is 0.427 e. The quantitative estimate of drug-likeness (QED) is 0.200. The number of halogens is 4. The van der Waals surface area contributed by atoms with E-state index in [0.717, 1.165) is 16.8 Å². The average Bonchev–Trinajstić information content (AvgIpc) is 3.71. The Bertz CT molecular complexity index is 1740. The van der Waals surface area contributed by atoms with Gasteiger partial charge in [0.15, 0.2) is 16.0 Å². The van der Waals surface area contributed by atoms with E-state index in [4.69, 9.17) is 0 Å². The van der Waals surface area contributed by atoms with Crippen LogP contribution in [0.5, 0.6) is 0 Å². The summed E-state index contributed by atoms with van der Waals surface area (Å²) >= 11 is 0.333. The molecule has 0 amide bonds. The van der Waals surface area contributed by atoms with Gasteiger partial charge in [0.1, 0.15) is 17.0 Å². The van der Waals surface area contributed by atoms with Gasteiger partial charge in [0.05, 0.1) is 29.2 Å². The van der Waals surface area contributed by atoms with Crippen LogP contribution in [0.3, 0.4) is 0 Å². The average molecular weight is 634 g/mol. The molecule has 0 bridgehead atoms. The zero-order valence-electron chi connectivity index (χ0n) is 23.4. The van der Waals surface area contributed by atoms with Gasteiger partial charge in [-0.25, -0.2) is 27.6 Å². The number of carbonyl (C=O) groups excluding carboxylic acids is 1. The maximum atomic E-state index is 14.3. The van der Waals surface area contributed by atoms with Crippen LogP contribution in [-0.2, 0) is 30.6 Å². The third-order valence-electron chi connectivity index (χ3n) is 7.92. The number of thiazole rings is 1. The molecule has 6 rings (SSSR count). The van der Waals surface area contributed by atoms with Gasteiger partial charge in [-0.1, -0.05) is 5.57 Å². The van der Waals surface area contributed by atoms with Gasteiger partial charge in [-0.3, -0.25) is 9.48 Å². The molecule has 9 nitrogen and oxygen atoms in total. The second-order valence-electron chi connectivity index (χ2n) is 11.0. The summed E-state index contributed by atoms with van der Waals surface area (Å²) in [5, 5.41) is 8.64. The van der Waals surface area contributed by atoms with Crippen LogP contribution in [-0.4, -0.2) is 55.9 Å². The number of hydrogen-bond donors (Lipinski definition) is 0. The number of fused-ring (bicyclic) bond motifs is 2. The van der Waals surface area contributed by atoms with Crippen LogP contribution in [0.2, 0.25) is 0 Å². The minimum absolute atomic E-state index is 0.138. The fourth-order valence-electron chi connectivity index (χ4n) is 6.05. The van der Waals surface area contributed by atoms with E-state index in [1.807, 2.05) is 19.9 Å². The normalized spacial score (nSPS) is 21.0. The zero-order chi connectivity index (χ0) is 30.7. The van der Waals surface area contributed by atoms with E-state index >= 15 is 0 Å². The summed E-state index contributed by atoms with van der Waals surface area (Å²) in [5.74, 6) is -0.893. The fourth-order valence-corrected chi connectivity index (χ4v) is 8.23. The van der Waals surface area contributed by atoms with E-state index in [-0.39, 0.29) is 40.9 Å². The van der Waals surface area contributed by atoms with Crippen LogP contribution in [0.15, 0.2) is 53.7 Å². The summed E-state index contributed by atoms with van der Waals surface area (Å²) in [6.07, 6.45) is 2.38. The second-order valence-corrected chi connectivity index (χ2v) is 13.3. The van der Waals surface area contributed by atoms with E-state index < -0.39 is 33.2 Å². The van der Waals surface area contributed by atoms with Gasteiger partial charge in [-0.05, 0) is 75.4 Å². The molecule has 0 spiro atoms. The predicted molar refractivity (Wildman–Crippen MR) is 151 cm³/mol. The molecule has 0 radical (unpaired) electrons. The smallest absolute Gasteiger partial charge is 0.290 e. The molecule has 3 heterocycles. The van der Waals surface area contributed by atoms with Crippen molar-refractivity contribution in [2.45, 2.75) is 62.9 Å². The number of ketones is 1. The molecule has 1 fully saturated rings. The lowest BCUT2D eigenvalue weighted by Crippen LogP contribution is -2.51. The molecule has 3 aromatic heterocycles. The van der Waals surface area contributed by atoms with Crippen LogP contribution in [0, 0.1) is 11.2 Å². The van der Waals surface area contributed by atoms with Crippen LogP contribution >= 0.6 is 11.3 Å². The molecule has 43 heavy (non-hydrogen) atoms. The molecule has 3 atom stereocenters. The summed E-state index contributed by atoms with van der Waals surface area (Å²) in [6.45, 7) is 3.78. The highest BCUT2D eigenvalue weighted by Crippen LogP contribution is 2.52. The lowest BCUT2D eigenvalue weighted by Gasteiger charge is -2.46. The van der Waals surface area contributed by atoms with Crippen LogP contribution in [0.4, 0.5) is 17.6 Å². The summed E-state index contributed by atoms with van der Waals surface area (Å²) in [4.78, 5) is 21.5. The number of allylic oxidation sites excluding steroid dienone is 1. The molecule has 15 heteroatoms. The van der Waals surface area contributed by atoms with Crippen molar-refractivity contribution in [3.63, 3.8) is 0 Å². The molecule has 3 unspecified atom stereocenters. The third kappa shape index (κ3) is 5.27. The highest BCUT2D eigenvalue weighted by Gasteiger charge is 2.52. The Morgan fingerprint density at radius 2 is 1.93 bits per heavy atom. The van der Waals surface area contributed by atoms with Gasteiger partial charge in [0.2, 0.25) is 5.78 Å². The van der Waals surface area contributed by atoms with Crippen LogP contribution in [0.25, 0.3) is 11.8 Å². The summed E-state index contributed by atoms with van der Waals surface area (Å²) in [7, 11) is -0.0668. The fraction of sp³-hybridized carbons (Fsp3) is 0.393. The van der Waals surface area contributed by atoms with Crippen molar-refractivity contribution in [2.24, 2.45) is 12.5 Å². The number of hydrogen-bond acceptors (Lipinski definition) is 7. The Morgan fingerprint density at radius 1 is 1.19 bits per heavy atom. The number of benzene rings is 1. The van der Waals surface area contributed by atoms with E-state index in [2.05, 4.69) is 20.2 Å².